The van der Waals surface area contributed by atoms with Crippen molar-refractivity contribution in [2.24, 2.45) is 0 Å². The minimum atomic E-state index is 0.121. The Hall–Kier alpha value is -1.32. The molecule has 0 aliphatic rings. The summed E-state index contributed by atoms with van der Waals surface area (Å²) in [5.41, 5.74) is 2.71. The molecule has 1 aromatic carbocycles. The summed E-state index contributed by atoms with van der Waals surface area (Å²) in [5, 5.41) is 7.83. The maximum Gasteiger partial charge on any atom is 0.0457 e. The number of rotatable bonds is 5. The van der Waals surface area contributed by atoms with E-state index in [9.17, 15) is 0 Å². The van der Waals surface area contributed by atoms with E-state index >= 15 is 0 Å². The third-order valence-corrected chi connectivity index (χ3v) is 3.19. The van der Waals surface area contributed by atoms with Gasteiger partial charge in [0.05, 0.1) is 0 Å². The predicted molar refractivity (Wildman–Crippen MR) is 73.3 cm³/mol. The lowest BCUT2D eigenvalue weighted by Gasteiger charge is -2.25. The molecule has 0 unspecified atom stereocenters. The molecule has 3 nitrogen and oxygen atoms in total. The summed E-state index contributed by atoms with van der Waals surface area (Å²) in [6.45, 7) is 6.33. The van der Waals surface area contributed by atoms with Gasteiger partial charge in [0.2, 0.25) is 0 Å². The van der Waals surface area contributed by atoms with Crippen LogP contribution in [0.3, 0.4) is 0 Å². The molecule has 0 radical (unpaired) electrons. The minimum absolute atomic E-state index is 0.121. The Labute approximate surface area is 103 Å². The van der Waals surface area contributed by atoms with Gasteiger partial charge < -0.3 is 15.6 Å². The van der Waals surface area contributed by atoms with E-state index in [1.165, 1.54) is 16.5 Å². The Bertz CT molecular complexity index is 485. The molecule has 0 fully saturated rings. The summed E-state index contributed by atoms with van der Waals surface area (Å²) in [4.78, 5) is 3.34. The molecule has 0 aliphatic heterocycles. The van der Waals surface area contributed by atoms with E-state index in [1.54, 1.807) is 0 Å². The molecule has 2 aromatic rings. The minimum Gasteiger partial charge on any atom is -0.361 e. The van der Waals surface area contributed by atoms with Crippen molar-refractivity contribution in [3.8, 4) is 0 Å². The van der Waals surface area contributed by atoms with E-state index in [-0.39, 0.29) is 5.41 Å². The van der Waals surface area contributed by atoms with Crippen LogP contribution in [0.5, 0.6) is 0 Å². The topological polar surface area (TPSA) is 39.8 Å². The number of benzene rings is 1. The lowest BCUT2D eigenvalue weighted by atomic mass is 9.84. The number of H-pyrrole nitrogens is 1. The van der Waals surface area contributed by atoms with E-state index in [0.717, 1.165) is 13.2 Å². The number of hydrogen-bond donors (Lipinski definition) is 3. The predicted octanol–water partition coefficient (Wildman–Crippen LogP) is 2.21. The van der Waals surface area contributed by atoms with E-state index in [1.807, 2.05) is 7.05 Å². The molecule has 2 rings (SSSR count). The van der Waals surface area contributed by atoms with Gasteiger partial charge in [0.1, 0.15) is 0 Å². The van der Waals surface area contributed by atoms with Crippen LogP contribution in [0.1, 0.15) is 19.4 Å². The van der Waals surface area contributed by atoms with Gasteiger partial charge in [-0.1, -0.05) is 32.0 Å². The van der Waals surface area contributed by atoms with E-state index < -0.39 is 0 Å². The van der Waals surface area contributed by atoms with Crippen LogP contribution in [-0.4, -0.2) is 25.2 Å². The maximum absolute atomic E-state index is 3.40. The van der Waals surface area contributed by atoms with Gasteiger partial charge in [-0.05, 0) is 18.7 Å². The summed E-state index contributed by atoms with van der Waals surface area (Å²) in [7, 11) is 1.95. The molecule has 0 saturated carbocycles. The number of para-hydroxylation sites is 1. The molecule has 0 atom stereocenters. The monoisotopic (exact) mass is 231 g/mol. The zero-order valence-corrected chi connectivity index (χ0v) is 10.8. The lowest BCUT2D eigenvalue weighted by molar-refractivity contribution is 0.463. The zero-order valence-electron chi connectivity index (χ0n) is 10.8. The number of nitrogens with one attached hydrogen (secondary N) is 3. The second-order valence-corrected chi connectivity index (χ2v) is 5.09. The van der Waals surface area contributed by atoms with Crippen molar-refractivity contribution in [1.29, 1.82) is 0 Å². The lowest BCUT2D eigenvalue weighted by Crippen LogP contribution is -2.37. The van der Waals surface area contributed by atoms with Crippen molar-refractivity contribution in [2.75, 3.05) is 20.3 Å². The SMILES string of the molecule is CNCNCC(C)(C)c1c[nH]c2ccccc12. The standard InChI is InChI=1S/C14H21N3/c1-14(2,9-16-10-15-3)12-8-17-13-7-5-4-6-11(12)13/h4-8,15-17H,9-10H2,1-3H3. The van der Waals surface area contributed by atoms with E-state index in [0.29, 0.717) is 0 Å². The second kappa shape index (κ2) is 4.90. The van der Waals surface area contributed by atoms with Crippen LogP contribution in [0.4, 0.5) is 0 Å². The fourth-order valence-corrected chi connectivity index (χ4v) is 2.23. The van der Waals surface area contributed by atoms with Gasteiger partial charge in [-0.25, -0.2) is 0 Å². The molecule has 0 amide bonds. The number of fused-ring (bicyclic) bond motifs is 1. The van der Waals surface area contributed by atoms with E-state index in [2.05, 4.69) is 59.9 Å². The Morgan fingerprint density at radius 1 is 1.24 bits per heavy atom. The maximum atomic E-state index is 3.40. The van der Waals surface area contributed by atoms with Crippen LogP contribution in [0, 0.1) is 0 Å². The fourth-order valence-electron chi connectivity index (χ4n) is 2.23. The highest BCUT2D eigenvalue weighted by atomic mass is 15.0. The second-order valence-electron chi connectivity index (χ2n) is 5.09. The molecule has 3 heteroatoms. The molecular formula is C14H21N3. The van der Waals surface area contributed by atoms with Crippen molar-refractivity contribution in [3.05, 3.63) is 36.0 Å². The summed E-state index contributed by atoms with van der Waals surface area (Å²) in [6.07, 6.45) is 2.13. The van der Waals surface area contributed by atoms with E-state index in [4.69, 9.17) is 0 Å². The molecule has 17 heavy (non-hydrogen) atoms. The summed E-state index contributed by atoms with van der Waals surface area (Å²) >= 11 is 0. The molecule has 0 aliphatic carbocycles. The van der Waals surface area contributed by atoms with Gasteiger partial charge in [-0.3, -0.25) is 0 Å². The number of aromatic amines is 1. The summed E-state index contributed by atoms with van der Waals surface area (Å²) in [6, 6.07) is 8.46. The highest BCUT2D eigenvalue weighted by Gasteiger charge is 2.23. The molecule has 0 saturated heterocycles. The quantitative estimate of drug-likeness (QED) is 0.545. The average Bonchev–Trinajstić information content (AvgIpc) is 2.73. The molecule has 1 heterocycles. The Balaban J connectivity index is 2.25. The first-order valence-corrected chi connectivity index (χ1v) is 6.07. The highest BCUT2D eigenvalue weighted by Crippen LogP contribution is 2.29. The molecule has 0 bridgehead atoms. The third-order valence-electron chi connectivity index (χ3n) is 3.19. The Morgan fingerprint density at radius 3 is 2.76 bits per heavy atom. The van der Waals surface area contributed by atoms with Crippen LogP contribution in [0.25, 0.3) is 10.9 Å². The van der Waals surface area contributed by atoms with Gasteiger partial charge in [0.15, 0.2) is 0 Å². The Kier molecular flexibility index (Phi) is 3.50. The van der Waals surface area contributed by atoms with Crippen LogP contribution in [0.2, 0.25) is 0 Å². The zero-order chi connectivity index (χ0) is 12.3. The molecular weight excluding hydrogens is 210 g/mol. The largest absolute Gasteiger partial charge is 0.361 e. The molecule has 3 N–H and O–H groups in total. The van der Waals surface area contributed by atoms with Crippen molar-refractivity contribution in [3.63, 3.8) is 0 Å². The summed E-state index contributed by atoms with van der Waals surface area (Å²) in [5.74, 6) is 0. The van der Waals surface area contributed by atoms with Gasteiger partial charge in [0, 0.05) is 35.7 Å². The van der Waals surface area contributed by atoms with Crippen LogP contribution < -0.4 is 10.6 Å². The van der Waals surface area contributed by atoms with Gasteiger partial charge in [-0.15, -0.1) is 0 Å². The van der Waals surface area contributed by atoms with Gasteiger partial charge in [-0.2, -0.15) is 0 Å². The number of hydrogen-bond acceptors (Lipinski definition) is 2. The molecule has 1 aromatic heterocycles. The first kappa shape index (κ1) is 12.1. The van der Waals surface area contributed by atoms with Crippen LogP contribution >= 0.6 is 0 Å². The fraction of sp³-hybridized carbons (Fsp3) is 0.429. The average molecular weight is 231 g/mol. The Morgan fingerprint density at radius 2 is 2.00 bits per heavy atom. The molecule has 92 valence electrons. The first-order valence-electron chi connectivity index (χ1n) is 6.07. The summed E-state index contributed by atoms with van der Waals surface area (Å²) < 4.78 is 0. The first-order chi connectivity index (χ1) is 8.15. The van der Waals surface area contributed by atoms with Gasteiger partial charge >= 0.3 is 0 Å². The van der Waals surface area contributed by atoms with Crippen molar-refractivity contribution in [2.45, 2.75) is 19.3 Å². The van der Waals surface area contributed by atoms with Crippen molar-refractivity contribution >= 4 is 10.9 Å². The number of aromatic nitrogens is 1. The third kappa shape index (κ3) is 2.51. The highest BCUT2D eigenvalue weighted by molar-refractivity contribution is 5.84. The smallest absolute Gasteiger partial charge is 0.0457 e. The van der Waals surface area contributed by atoms with Gasteiger partial charge in [0.25, 0.3) is 0 Å². The normalized spacial score (nSPS) is 12.2. The van der Waals surface area contributed by atoms with Crippen molar-refractivity contribution < 1.29 is 0 Å². The van der Waals surface area contributed by atoms with Crippen LogP contribution in [-0.2, 0) is 5.41 Å². The molecule has 0 spiro atoms. The van der Waals surface area contributed by atoms with Crippen LogP contribution in [0.15, 0.2) is 30.5 Å². The van der Waals surface area contributed by atoms with Crippen molar-refractivity contribution in [1.82, 2.24) is 15.6 Å².